The van der Waals surface area contributed by atoms with Crippen molar-refractivity contribution in [3.63, 3.8) is 0 Å². The van der Waals surface area contributed by atoms with Crippen LogP contribution >= 0.6 is 24.0 Å². The Labute approximate surface area is 212 Å². The van der Waals surface area contributed by atoms with Crippen molar-refractivity contribution in [1.29, 1.82) is 0 Å². The van der Waals surface area contributed by atoms with Crippen molar-refractivity contribution in [2.24, 2.45) is 4.99 Å². The van der Waals surface area contributed by atoms with Crippen LogP contribution in [0.3, 0.4) is 0 Å². The number of para-hydroxylation sites is 2. The zero-order valence-corrected chi connectivity index (χ0v) is 22.0. The van der Waals surface area contributed by atoms with Crippen LogP contribution in [0.4, 0.5) is 5.69 Å². The average molecular weight is 569 g/mol. The molecule has 2 aliphatic rings. The maximum atomic E-state index is 12.5. The zero-order valence-electron chi connectivity index (χ0n) is 19.6. The van der Waals surface area contributed by atoms with Gasteiger partial charge >= 0.3 is 5.69 Å². The van der Waals surface area contributed by atoms with E-state index in [-0.39, 0.29) is 29.7 Å². The number of aryl methyl sites for hydroxylation is 2. The Hall–Kier alpha value is -2.24. The molecule has 33 heavy (non-hydrogen) atoms. The lowest BCUT2D eigenvalue weighted by molar-refractivity contribution is 0.415. The number of ether oxygens (including phenoxy) is 1. The van der Waals surface area contributed by atoms with E-state index in [1.54, 1.807) is 11.8 Å². The number of fused-ring (bicyclic) bond motifs is 1. The molecule has 182 valence electrons. The normalized spacial score (nSPS) is 17.9. The van der Waals surface area contributed by atoms with Crippen molar-refractivity contribution in [2.75, 3.05) is 38.2 Å². The SMILES string of the molecule is CCNC(=NCCCn1nc2n(c1=O)CCCC2)NC1CCN(c2ccccc2OC)C1.I. The molecular weight excluding hydrogens is 533 g/mol. The predicted molar refractivity (Wildman–Crippen MR) is 142 cm³/mol. The number of halogens is 1. The summed E-state index contributed by atoms with van der Waals surface area (Å²) in [5.74, 6) is 2.67. The number of anilines is 1. The standard InChI is InChI=1S/C23H35N7O2.HI/c1-3-24-22(25-13-8-15-30-23(31)29-14-7-6-11-21(29)27-30)26-18-12-16-28(17-18)19-9-4-5-10-20(19)32-2;/h4-5,9-10,18H,3,6-8,11-17H2,1-2H3,(H2,24,25,26);1H. The average Bonchev–Trinajstić information content (AvgIpc) is 3.41. The maximum Gasteiger partial charge on any atom is 0.345 e. The minimum atomic E-state index is 0. The quantitative estimate of drug-likeness (QED) is 0.220. The number of hydrogen-bond donors (Lipinski definition) is 2. The molecule has 0 saturated carbocycles. The molecule has 1 saturated heterocycles. The molecule has 2 aromatic rings. The Morgan fingerprint density at radius 1 is 1.27 bits per heavy atom. The van der Waals surface area contributed by atoms with Crippen LogP contribution in [0.2, 0.25) is 0 Å². The molecule has 0 bridgehead atoms. The molecule has 1 atom stereocenters. The lowest BCUT2D eigenvalue weighted by Crippen LogP contribution is -2.44. The minimum absolute atomic E-state index is 0. The summed E-state index contributed by atoms with van der Waals surface area (Å²) in [6.45, 7) is 6.81. The van der Waals surface area contributed by atoms with Gasteiger partial charge in [0.05, 0.1) is 12.8 Å². The first-order valence-electron chi connectivity index (χ1n) is 11.8. The second-order valence-electron chi connectivity index (χ2n) is 8.39. The second kappa shape index (κ2) is 12.3. The molecular formula is C23H36IN7O2. The van der Waals surface area contributed by atoms with Crippen LogP contribution in [0.5, 0.6) is 5.75 Å². The first-order chi connectivity index (χ1) is 15.7. The monoisotopic (exact) mass is 569 g/mol. The van der Waals surface area contributed by atoms with Gasteiger partial charge in [0, 0.05) is 51.7 Å². The van der Waals surface area contributed by atoms with Crippen molar-refractivity contribution in [3.8, 4) is 5.75 Å². The highest BCUT2D eigenvalue weighted by molar-refractivity contribution is 14.0. The van der Waals surface area contributed by atoms with Gasteiger partial charge in [-0.15, -0.1) is 24.0 Å². The number of methoxy groups -OCH3 is 1. The number of aliphatic imine (C=N–C) groups is 1. The van der Waals surface area contributed by atoms with Gasteiger partial charge in [-0.3, -0.25) is 9.56 Å². The number of benzene rings is 1. The van der Waals surface area contributed by atoms with E-state index in [2.05, 4.69) is 33.6 Å². The van der Waals surface area contributed by atoms with Crippen LogP contribution in [0, 0.1) is 0 Å². The number of rotatable bonds is 8. The highest BCUT2D eigenvalue weighted by Crippen LogP contribution is 2.30. The van der Waals surface area contributed by atoms with Crippen LogP contribution in [0.1, 0.15) is 38.4 Å². The second-order valence-corrected chi connectivity index (χ2v) is 8.39. The molecule has 1 aromatic carbocycles. The van der Waals surface area contributed by atoms with E-state index in [1.165, 1.54) is 0 Å². The van der Waals surface area contributed by atoms with Crippen molar-refractivity contribution in [3.05, 3.63) is 40.6 Å². The van der Waals surface area contributed by atoms with Gasteiger partial charge in [-0.2, -0.15) is 5.10 Å². The molecule has 9 nitrogen and oxygen atoms in total. The number of hydrogen-bond acceptors (Lipinski definition) is 5. The van der Waals surface area contributed by atoms with Gasteiger partial charge in [0.1, 0.15) is 11.6 Å². The third-order valence-electron chi connectivity index (χ3n) is 6.13. The maximum absolute atomic E-state index is 12.5. The Bertz CT molecular complexity index is 987. The Balaban J connectivity index is 0.00000306. The van der Waals surface area contributed by atoms with Gasteiger partial charge < -0.3 is 20.3 Å². The van der Waals surface area contributed by atoms with Crippen LogP contribution in [-0.4, -0.2) is 59.6 Å². The fourth-order valence-corrected chi connectivity index (χ4v) is 4.51. The van der Waals surface area contributed by atoms with Gasteiger partial charge in [-0.05, 0) is 44.7 Å². The van der Waals surface area contributed by atoms with E-state index in [9.17, 15) is 4.79 Å². The number of nitrogens with zero attached hydrogens (tertiary/aromatic N) is 5. The number of nitrogens with one attached hydrogen (secondary N) is 2. The van der Waals surface area contributed by atoms with E-state index >= 15 is 0 Å². The third-order valence-corrected chi connectivity index (χ3v) is 6.13. The highest BCUT2D eigenvalue weighted by Gasteiger charge is 2.25. The minimum Gasteiger partial charge on any atom is -0.495 e. The first kappa shape index (κ1) is 25.4. The number of guanidine groups is 1. The Morgan fingerprint density at radius 3 is 2.91 bits per heavy atom. The molecule has 0 radical (unpaired) electrons. The van der Waals surface area contributed by atoms with Gasteiger partial charge in [-0.25, -0.2) is 9.48 Å². The molecule has 4 rings (SSSR count). The Kier molecular flexibility index (Phi) is 9.45. The van der Waals surface area contributed by atoms with Crippen molar-refractivity contribution >= 4 is 35.6 Å². The molecule has 1 aromatic heterocycles. The van der Waals surface area contributed by atoms with Gasteiger partial charge in [-0.1, -0.05) is 12.1 Å². The highest BCUT2D eigenvalue weighted by atomic mass is 127. The van der Waals surface area contributed by atoms with Crippen LogP contribution in [0.15, 0.2) is 34.1 Å². The van der Waals surface area contributed by atoms with Gasteiger partial charge in [0.15, 0.2) is 5.96 Å². The predicted octanol–water partition coefficient (Wildman–Crippen LogP) is 2.23. The molecule has 10 heteroatoms. The number of aromatic nitrogens is 3. The van der Waals surface area contributed by atoms with Crippen molar-refractivity contribution in [2.45, 2.75) is 58.2 Å². The largest absolute Gasteiger partial charge is 0.495 e. The van der Waals surface area contributed by atoms with Crippen molar-refractivity contribution in [1.82, 2.24) is 25.0 Å². The lowest BCUT2D eigenvalue weighted by atomic mass is 10.2. The Morgan fingerprint density at radius 2 is 2.12 bits per heavy atom. The molecule has 2 aliphatic heterocycles. The zero-order chi connectivity index (χ0) is 22.3. The molecule has 1 fully saturated rings. The van der Waals surface area contributed by atoms with Crippen LogP contribution in [-0.2, 0) is 19.5 Å². The lowest BCUT2D eigenvalue weighted by Gasteiger charge is -2.22. The fourth-order valence-electron chi connectivity index (χ4n) is 4.51. The summed E-state index contributed by atoms with van der Waals surface area (Å²) in [4.78, 5) is 19.5. The summed E-state index contributed by atoms with van der Waals surface area (Å²) in [5.41, 5.74) is 1.16. The fraction of sp³-hybridized carbons (Fsp3) is 0.609. The molecule has 1 unspecified atom stereocenters. The van der Waals surface area contributed by atoms with Crippen LogP contribution < -0.4 is 26.0 Å². The van der Waals surface area contributed by atoms with E-state index in [0.717, 1.165) is 81.5 Å². The summed E-state index contributed by atoms with van der Waals surface area (Å²) in [5, 5.41) is 11.4. The summed E-state index contributed by atoms with van der Waals surface area (Å²) in [6, 6.07) is 8.48. The summed E-state index contributed by atoms with van der Waals surface area (Å²) in [6.07, 6.45) is 4.91. The van der Waals surface area contributed by atoms with Crippen molar-refractivity contribution < 1.29 is 4.74 Å². The smallest absolute Gasteiger partial charge is 0.345 e. The van der Waals surface area contributed by atoms with Gasteiger partial charge in [0.2, 0.25) is 0 Å². The molecule has 0 spiro atoms. The van der Waals surface area contributed by atoms with Gasteiger partial charge in [0.25, 0.3) is 0 Å². The van der Waals surface area contributed by atoms with Crippen LogP contribution in [0.25, 0.3) is 0 Å². The summed E-state index contributed by atoms with van der Waals surface area (Å²) >= 11 is 0. The van der Waals surface area contributed by atoms with E-state index in [0.29, 0.717) is 19.1 Å². The molecule has 0 amide bonds. The third kappa shape index (κ3) is 6.21. The summed E-state index contributed by atoms with van der Waals surface area (Å²) in [7, 11) is 1.72. The van der Waals surface area contributed by atoms with E-state index < -0.39 is 0 Å². The molecule has 2 N–H and O–H groups in total. The van der Waals surface area contributed by atoms with E-state index in [1.807, 2.05) is 22.8 Å². The summed E-state index contributed by atoms with van der Waals surface area (Å²) < 4.78 is 8.96. The molecule has 0 aliphatic carbocycles. The topological polar surface area (TPSA) is 88.7 Å². The first-order valence-corrected chi connectivity index (χ1v) is 11.8. The molecule has 3 heterocycles. The van der Waals surface area contributed by atoms with E-state index in [4.69, 9.17) is 9.73 Å².